The van der Waals surface area contributed by atoms with E-state index in [2.05, 4.69) is 15.7 Å². The number of nitrogens with zero attached hydrogens (tertiary/aromatic N) is 2. The van der Waals surface area contributed by atoms with E-state index in [0.29, 0.717) is 6.54 Å². The molecule has 128 valence electrons. The van der Waals surface area contributed by atoms with Crippen LogP contribution in [-0.2, 0) is 22.6 Å². The summed E-state index contributed by atoms with van der Waals surface area (Å²) in [5.41, 5.74) is 3.05. The molecule has 0 fully saturated rings. The molecule has 6 nitrogen and oxygen atoms in total. The highest BCUT2D eigenvalue weighted by Crippen LogP contribution is 2.02. The van der Waals surface area contributed by atoms with E-state index in [0.717, 1.165) is 29.9 Å². The number of hydrogen-bond donors (Lipinski definition) is 2. The number of aryl methyl sites for hydroxylation is 3. The van der Waals surface area contributed by atoms with Crippen molar-refractivity contribution in [3.05, 3.63) is 53.3 Å². The molecule has 0 spiro atoms. The van der Waals surface area contributed by atoms with Gasteiger partial charge in [0.05, 0.1) is 18.7 Å². The van der Waals surface area contributed by atoms with Gasteiger partial charge in [-0.25, -0.2) is 0 Å². The molecule has 2 rings (SSSR count). The molecule has 24 heavy (non-hydrogen) atoms. The van der Waals surface area contributed by atoms with Crippen LogP contribution >= 0.6 is 0 Å². The largest absolute Gasteiger partial charge is 0.355 e. The Hall–Kier alpha value is -2.63. The number of benzene rings is 1. The minimum absolute atomic E-state index is 0.00553. The highest BCUT2D eigenvalue weighted by molar-refractivity contribution is 5.85. The summed E-state index contributed by atoms with van der Waals surface area (Å²) < 4.78 is 1.93. The Kier molecular flexibility index (Phi) is 6.54. The first kappa shape index (κ1) is 17.7. The lowest BCUT2D eigenvalue weighted by molar-refractivity contribution is -0.125. The van der Waals surface area contributed by atoms with Crippen molar-refractivity contribution in [3.8, 4) is 0 Å². The van der Waals surface area contributed by atoms with Gasteiger partial charge in [0.2, 0.25) is 11.8 Å². The van der Waals surface area contributed by atoms with Crippen LogP contribution in [0, 0.1) is 13.8 Å². The van der Waals surface area contributed by atoms with Crippen LogP contribution in [0.5, 0.6) is 0 Å². The van der Waals surface area contributed by atoms with Crippen LogP contribution in [0.15, 0.2) is 36.4 Å². The van der Waals surface area contributed by atoms with Crippen molar-refractivity contribution >= 4 is 11.8 Å². The maximum Gasteiger partial charge on any atom is 0.239 e. The van der Waals surface area contributed by atoms with Gasteiger partial charge < -0.3 is 10.6 Å². The Morgan fingerprint density at radius 3 is 2.50 bits per heavy atom. The maximum atomic E-state index is 11.8. The lowest BCUT2D eigenvalue weighted by Crippen LogP contribution is -2.38. The predicted octanol–water partition coefficient (Wildman–Crippen LogP) is 1.37. The molecule has 1 aromatic carbocycles. The van der Waals surface area contributed by atoms with E-state index in [1.807, 2.05) is 54.9 Å². The molecule has 1 heterocycles. The molecular formula is C18H24N4O2. The Morgan fingerprint density at radius 1 is 1.08 bits per heavy atom. The third-order valence-electron chi connectivity index (χ3n) is 3.63. The molecule has 2 aromatic rings. The second-order valence-electron chi connectivity index (χ2n) is 5.79. The van der Waals surface area contributed by atoms with Gasteiger partial charge in [0, 0.05) is 18.8 Å². The van der Waals surface area contributed by atoms with Crippen molar-refractivity contribution < 1.29 is 9.59 Å². The average molecular weight is 328 g/mol. The van der Waals surface area contributed by atoms with Gasteiger partial charge >= 0.3 is 0 Å². The zero-order valence-electron chi connectivity index (χ0n) is 14.2. The monoisotopic (exact) mass is 328 g/mol. The highest BCUT2D eigenvalue weighted by Gasteiger charge is 2.06. The summed E-state index contributed by atoms with van der Waals surface area (Å²) in [5.74, 6) is -0.330. The lowest BCUT2D eigenvalue weighted by atomic mass is 10.1. The van der Waals surface area contributed by atoms with E-state index in [4.69, 9.17) is 0 Å². The molecule has 2 N–H and O–H groups in total. The Labute approximate surface area is 142 Å². The van der Waals surface area contributed by atoms with Gasteiger partial charge in [0.1, 0.15) is 0 Å². The van der Waals surface area contributed by atoms with Crippen molar-refractivity contribution in [1.82, 2.24) is 20.4 Å². The summed E-state index contributed by atoms with van der Waals surface area (Å²) in [6.45, 7) is 5.31. The number of rotatable bonds is 8. The van der Waals surface area contributed by atoms with E-state index in [-0.39, 0.29) is 24.8 Å². The number of carbonyl (C=O) groups excluding carboxylic acids is 2. The molecule has 0 aliphatic rings. The molecule has 0 saturated carbocycles. The van der Waals surface area contributed by atoms with Gasteiger partial charge in [-0.1, -0.05) is 30.3 Å². The van der Waals surface area contributed by atoms with Crippen LogP contribution in [0.2, 0.25) is 0 Å². The first-order chi connectivity index (χ1) is 11.5. The van der Waals surface area contributed by atoms with Crippen molar-refractivity contribution in [1.29, 1.82) is 0 Å². The van der Waals surface area contributed by atoms with E-state index in [1.165, 1.54) is 0 Å². The van der Waals surface area contributed by atoms with Gasteiger partial charge in [0.25, 0.3) is 0 Å². The summed E-state index contributed by atoms with van der Waals surface area (Å²) >= 11 is 0. The Balaban J connectivity index is 1.59. The van der Waals surface area contributed by atoms with Crippen LogP contribution in [0.3, 0.4) is 0 Å². The third kappa shape index (κ3) is 5.87. The summed E-state index contributed by atoms with van der Waals surface area (Å²) in [6, 6.07) is 11.5. The zero-order chi connectivity index (χ0) is 17.4. The summed E-state index contributed by atoms with van der Waals surface area (Å²) in [4.78, 5) is 23.5. The molecular weight excluding hydrogens is 304 g/mol. The molecule has 2 amide bonds. The Bertz CT molecular complexity index is 680. The second kappa shape index (κ2) is 8.86. The zero-order valence-corrected chi connectivity index (χ0v) is 14.2. The van der Waals surface area contributed by atoms with Crippen LogP contribution < -0.4 is 10.6 Å². The molecule has 0 aliphatic carbocycles. The fraction of sp³-hybridized carbons (Fsp3) is 0.389. The number of carbonyl (C=O) groups is 2. The van der Waals surface area contributed by atoms with E-state index < -0.39 is 0 Å². The molecule has 6 heteroatoms. The third-order valence-corrected chi connectivity index (χ3v) is 3.63. The first-order valence-electron chi connectivity index (χ1n) is 8.13. The molecule has 0 bridgehead atoms. The van der Waals surface area contributed by atoms with E-state index >= 15 is 0 Å². The van der Waals surface area contributed by atoms with Gasteiger partial charge in [-0.05, 0) is 31.9 Å². The predicted molar refractivity (Wildman–Crippen MR) is 92.5 cm³/mol. The minimum Gasteiger partial charge on any atom is -0.355 e. The van der Waals surface area contributed by atoms with Crippen LogP contribution in [0.1, 0.15) is 23.4 Å². The molecule has 0 atom stereocenters. The smallest absolute Gasteiger partial charge is 0.239 e. The van der Waals surface area contributed by atoms with Crippen molar-refractivity contribution in [2.45, 2.75) is 33.2 Å². The Morgan fingerprint density at radius 2 is 1.83 bits per heavy atom. The van der Waals surface area contributed by atoms with Gasteiger partial charge in [0.15, 0.2) is 0 Å². The molecule has 1 aromatic heterocycles. The topological polar surface area (TPSA) is 76.0 Å². The fourth-order valence-electron chi connectivity index (χ4n) is 2.44. The molecule has 0 aliphatic heterocycles. The number of aromatic nitrogens is 2. The second-order valence-corrected chi connectivity index (χ2v) is 5.79. The van der Waals surface area contributed by atoms with Crippen molar-refractivity contribution in [2.24, 2.45) is 0 Å². The molecule has 0 saturated heterocycles. The minimum atomic E-state index is -0.176. The van der Waals surface area contributed by atoms with Crippen LogP contribution in [0.25, 0.3) is 0 Å². The van der Waals surface area contributed by atoms with Gasteiger partial charge in [-0.3, -0.25) is 14.3 Å². The van der Waals surface area contributed by atoms with E-state index in [9.17, 15) is 9.59 Å². The number of hydrogen-bond acceptors (Lipinski definition) is 3. The lowest BCUT2D eigenvalue weighted by Gasteiger charge is -2.08. The maximum absolute atomic E-state index is 11.8. The van der Waals surface area contributed by atoms with E-state index in [1.54, 1.807) is 0 Å². The average Bonchev–Trinajstić information content (AvgIpc) is 2.88. The SMILES string of the molecule is Cc1cc(C)n(CCCNC(=O)CNC(=O)Cc2ccccc2)n1. The normalized spacial score (nSPS) is 10.4. The molecule has 0 unspecified atom stereocenters. The number of nitrogens with one attached hydrogen (secondary N) is 2. The van der Waals surface area contributed by atoms with Crippen LogP contribution in [0.4, 0.5) is 0 Å². The van der Waals surface area contributed by atoms with Gasteiger partial charge in [-0.15, -0.1) is 0 Å². The van der Waals surface area contributed by atoms with Crippen molar-refractivity contribution in [3.63, 3.8) is 0 Å². The number of amides is 2. The first-order valence-corrected chi connectivity index (χ1v) is 8.13. The van der Waals surface area contributed by atoms with Crippen LogP contribution in [-0.4, -0.2) is 34.7 Å². The van der Waals surface area contributed by atoms with Gasteiger partial charge in [-0.2, -0.15) is 5.10 Å². The van der Waals surface area contributed by atoms with Crippen molar-refractivity contribution in [2.75, 3.05) is 13.1 Å². The quantitative estimate of drug-likeness (QED) is 0.719. The highest BCUT2D eigenvalue weighted by atomic mass is 16.2. The fourth-order valence-corrected chi connectivity index (χ4v) is 2.44. The molecule has 0 radical (unpaired) electrons. The summed E-state index contributed by atoms with van der Waals surface area (Å²) in [5, 5.41) is 9.81. The standard InChI is InChI=1S/C18H24N4O2/c1-14-11-15(2)22(21-14)10-6-9-19-18(24)13-20-17(23)12-16-7-4-3-5-8-16/h3-5,7-8,11H,6,9-10,12-13H2,1-2H3,(H,19,24)(H,20,23). The summed E-state index contributed by atoms with van der Waals surface area (Å²) in [6.07, 6.45) is 1.08. The summed E-state index contributed by atoms with van der Waals surface area (Å²) in [7, 11) is 0.